The summed E-state index contributed by atoms with van der Waals surface area (Å²) in [5.41, 5.74) is 0. The first-order valence-electron chi connectivity index (χ1n) is 7.54. The Kier molecular flexibility index (Phi) is 12.7. The first-order chi connectivity index (χ1) is 9.11. The molecule has 0 aromatic heterocycles. The van der Waals surface area contributed by atoms with Gasteiger partial charge in [-0.15, -0.1) is 0 Å². The van der Waals surface area contributed by atoms with Crippen molar-refractivity contribution in [1.82, 2.24) is 10.2 Å². The quantitative estimate of drug-likeness (QED) is 0.521. The molecule has 0 amide bonds. The molecule has 0 fully saturated rings. The molecule has 0 saturated heterocycles. The smallest absolute Gasteiger partial charge is 0.0615 e. The predicted molar refractivity (Wildman–Crippen MR) is 81.7 cm³/mol. The van der Waals surface area contributed by atoms with Crippen LogP contribution >= 0.6 is 0 Å². The Morgan fingerprint density at radius 2 is 1.74 bits per heavy atom. The minimum atomic E-state index is 0.442. The Morgan fingerprint density at radius 3 is 2.32 bits per heavy atom. The summed E-state index contributed by atoms with van der Waals surface area (Å²) in [7, 11) is 3.51. The topological polar surface area (TPSA) is 33.7 Å². The van der Waals surface area contributed by atoms with E-state index in [0.29, 0.717) is 6.04 Å². The summed E-state index contributed by atoms with van der Waals surface area (Å²) in [4.78, 5) is 2.42. The maximum absolute atomic E-state index is 5.23. The SMILES string of the molecule is COCCN(CCNCCCC(C)C)C(C)COC. The van der Waals surface area contributed by atoms with E-state index >= 15 is 0 Å². The molecule has 1 atom stereocenters. The zero-order valence-corrected chi connectivity index (χ0v) is 13.6. The van der Waals surface area contributed by atoms with Crippen LogP contribution in [0.4, 0.5) is 0 Å². The van der Waals surface area contributed by atoms with E-state index in [2.05, 4.69) is 31.0 Å². The molecule has 0 aliphatic rings. The van der Waals surface area contributed by atoms with E-state index in [1.165, 1.54) is 12.8 Å². The molecule has 0 radical (unpaired) electrons. The highest BCUT2D eigenvalue weighted by Gasteiger charge is 2.12. The van der Waals surface area contributed by atoms with Gasteiger partial charge in [0.05, 0.1) is 13.2 Å². The Balaban J connectivity index is 3.72. The summed E-state index contributed by atoms with van der Waals surface area (Å²) in [6, 6.07) is 0.442. The summed E-state index contributed by atoms with van der Waals surface area (Å²) >= 11 is 0. The van der Waals surface area contributed by atoms with E-state index in [9.17, 15) is 0 Å². The van der Waals surface area contributed by atoms with Gasteiger partial charge in [-0.25, -0.2) is 0 Å². The van der Waals surface area contributed by atoms with Gasteiger partial charge < -0.3 is 14.8 Å². The van der Waals surface area contributed by atoms with E-state index in [1.54, 1.807) is 14.2 Å². The fraction of sp³-hybridized carbons (Fsp3) is 1.00. The maximum atomic E-state index is 5.23. The lowest BCUT2D eigenvalue weighted by atomic mass is 10.1. The van der Waals surface area contributed by atoms with Crippen molar-refractivity contribution in [3.63, 3.8) is 0 Å². The van der Waals surface area contributed by atoms with Crippen LogP contribution in [-0.2, 0) is 9.47 Å². The van der Waals surface area contributed by atoms with Crippen molar-refractivity contribution < 1.29 is 9.47 Å². The number of hydrogen-bond donors (Lipinski definition) is 1. The zero-order chi connectivity index (χ0) is 14.5. The first kappa shape index (κ1) is 18.8. The van der Waals surface area contributed by atoms with Crippen molar-refractivity contribution in [3.8, 4) is 0 Å². The van der Waals surface area contributed by atoms with Crippen LogP contribution in [0.1, 0.15) is 33.6 Å². The fourth-order valence-electron chi connectivity index (χ4n) is 2.09. The number of ether oxygens (including phenoxy) is 2. The Labute approximate surface area is 119 Å². The largest absolute Gasteiger partial charge is 0.383 e. The third-order valence-corrected chi connectivity index (χ3v) is 3.32. The molecule has 19 heavy (non-hydrogen) atoms. The van der Waals surface area contributed by atoms with E-state index in [1.807, 2.05) is 0 Å². The number of nitrogens with zero attached hydrogens (tertiary/aromatic N) is 1. The Morgan fingerprint density at radius 1 is 1.00 bits per heavy atom. The van der Waals surface area contributed by atoms with Crippen LogP contribution in [0.5, 0.6) is 0 Å². The van der Waals surface area contributed by atoms with Gasteiger partial charge in [0.1, 0.15) is 0 Å². The average molecular weight is 274 g/mol. The normalized spacial score (nSPS) is 13.4. The molecule has 0 spiro atoms. The highest BCUT2D eigenvalue weighted by molar-refractivity contribution is 4.68. The van der Waals surface area contributed by atoms with E-state index < -0.39 is 0 Å². The molecule has 0 aliphatic heterocycles. The zero-order valence-electron chi connectivity index (χ0n) is 13.6. The van der Waals surface area contributed by atoms with Crippen LogP contribution in [0, 0.1) is 5.92 Å². The number of nitrogens with one attached hydrogen (secondary N) is 1. The monoisotopic (exact) mass is 274 g/mol. The summed E-state index contributed by atoms with van der Waals surface area (Å²) in [5.74, 6) is 0.807. The van der Waals surface area contributed by atoms with Gasteiger partial charge in [0, 0.05) is 39.9 Å². The molecular weight excluding hydrogens is 240 g/mol. The lowest BCUT2D eigenvalue weighted by Gasteiger charge is -2.28. The molecule has 4 nitrogen and oxygen atoms in total. The fourth-order valence-corrected chi connectivity index (χ4v) is 2.09. The van der Waals surface area contributed by atoms with Crippen LogP contribution in [-0.4, -0.2) is 64.6 Å². The van der Waals surface area contributed by atoms with Crippen molar-refractivity contribution in [2.45, 2.75) is 39.7 Å². The third kappa shape index (κ3) is 11.4. The summed E-state index contributed by atoms with van der Waals surface area (Å²) in [6.45, 7) is 12.5. The molecular formula is C15H34N2O2. The second kappa shape index (κ2) is 12.9. The Bertz CT molecular complexity index is 189. The molecule has 0 bridgehead atoms. The van der Waals surface area contributed by atoms with Crippen LogP contribution in [0.2, 0.25) is 0 Å². The van der Waals surface area contributed by atoms with Gasteiger partial charge in [0.2, 0.25) is 0 Å². The molecule has 4 heteroatoms. The van der Waals surface area contributed by atoms with Gasteiger partial charge >= 0.3 is 0 Å². The van der Waals surface area contributed by atoms with Crippen LogP contribution in [0.3, 0.4) is 0 Å². The molecule has 0 heterocycles. The predicted octanol–water partition coefficient (Wildman–Crippen LogP) is 2.00. The number of methoxy groups -OCH3 is 2. The molecule has 116 valence electrons. The van der Waals surface area contributed by atoms with Gasteiger partial charge in [-0.2, -0.15) is 0 Å². The highest BCUT2D eigenvalue weighted by Crippen LogP contribution is 2.02. The van der Waals surface area contributed by atoms with Gasteiger partial charge in [0.15, 0.2) is 0 Å². The summed E-state index contributed by atoms with van der Waals surface area (Å²) < 4.78 is 10.4. The molecule has 0 aromatic rings. The molecule has 0 aliphatic carbocycles. The van der Waals surface area contributed by atoms with E-state index in [-0.39, 0.29) is 0 Å². The molecule has 0 rings (SSSR count). The van der Waals surface area contributed by atoms with Gasteiger partial charge in [-0.3, -0.25) is 4.90 Å². The molecule has 1 N–H and O–H groups in total. The van der Waals surface area contributed by atoms with Crippen LogP contribution < -0.4 is 5.32 Å². The van der Waals surface area contributed by atoms with Crippen LogP contribution in [0.15, 0.2) is 0 Å². The molecule has 0 saturated carbocycles. The first-order valence-corrected chi connectivity index (χ1v) is 7.54. The molecule has 1 unspecified atom stereocenters. The standard InChI is InChI=1S/C15H34N2O2/c1-14(2)7-6-8-16-9-10-17(11-12-18-4)15(3)13-19-5/h14-16H,6-13H2,1-5H3. The van der Waals surface area contributed by atoms with Crippen molar-refractivity contribution in [3.05, 3.63) is 0 Å². The van der Waals surface area contributed by atoms with Crippen molar-refractivity contribution in [2.24, 2.45) is 5.92 Å². The highest BCUT2D eigenvalue weighted by atomic mass is 16.5. The summed E-state index contributed by atoms with van der Waals surface area (Å²) in [6.07, 6.45) is 2.57. The van der Waals surface area contributed by atoms with Crippen molar-refractivity contribution in [2.75, 3.05) is 53.6 Å². The van der Waals surface area contributed by atoms with Crippen molar-refractivity contribution >= 4 is 0 Å². The van der Waals surface area contributed by atoms with E-state index in [0.717, 1.165) is 45.3 Å². The minimum absolute atomic E-state index is 0.442. The lowest BCUT2D eigenvalue weighted by molar-refractivity contribution is 0.0757. The maximum Gasteiger partial charge on any atom is 0.0615 e. The minimum Gasteiger partial charge on any atom is -0.383 e. The van der Waals surface area contributed by atoms with Gasteiger partial charge in [0.25, 0.3) is 0 Å². The van der Waals surface area contributed by atoms with Gasteiger partial charge in [-0.1, -0.05) is 13.8 Å². The summed E-state index contributed by atoms with van der Waals surface area (Å²) in [5, 5.41) is 3.52. The second-order valence-corrected chi connectivity index (χ2v) is 5.62. The third-order valence-electron chi connectivity index (χ3n) is 3.32. The lowest BCUT2D eigenvalue weighted by Crippen LogP contribution is -2.42. The second-order valence-electron chi connectivity index (χ2n) is 5.62. The van der Waals surface area contributed by atoms with E-state index in [4.69, 9.17) is 9.47 Å². The molecule has 0 aromatic carbocycles. The number of rotatable bonds is 13. The van der Waals surface area contributed by atoms with Gasteiger partial charge in [-0.05, 0) is 32.2 Å². The Hall–Kier alpha value is -0.160. The van der Waals surface area contributed by atoms with Crippen molar-refractivity contribution in [1.29, 1.82) is 0 Å². The average Bonchev–Trinajstić information content (AvgIpc) is 2.36. The number of hydrogen-bond acceptors (Lipinski definition) is 4. The van der Waals surface area contributed by atoms with Crippen LogP contribution in [0.25, 0.3) is 0 Å².